The Morgan fingerprint density at radius 3 is 2.67 bits per heavy atom. The van der Waals surface area contributed by atoms with Gasteiger partial charge in [-0.15, -0.1) is 0 Å². The molecular formula is C13H11FN2O5. The fourth-order valence-electron chi connectivity index (χ4n) is 2.08. The summed E-state index contributed by atoms with van der Waals surface area (Å²) in [4.78, 5) is 32.8. The highest BCUT2D eigenvalue weighted by Crippen LogP contribution is 2.22. The third kappa shape index (κ3) is 3.22. The molecule has 0 aromatic heterocycles. The van der Waals surface area contributed by atoms with Crippen LogP contribution in [0.4, 0.5) is 10.1 Å². The summed E-state index contributed by atoms with van der Waals surface area (Å²) in [5.41, 5.74) is -0.905. The first-order valence-corrected chi connectivity index (χ1v) is 6.04. The molecule has 1 aliphatic rings. The maximum absolute atomic E-state index is 13.2. The van der Waals surface area contributed by atoms with Crippen molar-refractivity contribution < 1.29 is 24.0 Å². The molecule has 0 aliphatic heterocycles. The number of hydrogen-bond acceptors (Lipinski definition) is 4. The lowest BCUT2D eigenvalue weighted by atomic mass is 10.1. The molecular weight excluding hydrogens is 283 g/mol. The first-order chi connectivity index (χ1) is 9.88. The van der Waals surface area contributed by atoms with Crippen LogP contribution in [0.5, 0.6) is 0 Å². The van der Waals surface area contributed by atoms with E-state index in [1.54, 1.807) is 0 Å². The number of benzene rings is 1. The van der Waals surface area contributed by atoms with Gasteiger partial charge in [0.05, 0.1) is 10.8 Å². The van der Waals surface area contributed by atoms with Crippen LogP contribution in [0.15, 0.2) is 30.4 Å². The lowest BCUT2D eigenvalue weighted by molar-refractivity contribution is -0.385. The van der Waals surface area contributed by atoms with Gasteiger partial charge in [0, 0.05) is 12.1 Å². The van der Waals surface area contributed by atoms with Gasteiger partial charge in [-0.05, 0) is 18.6 Å². The molecule has 2 rings (SSSR count). The molecule has 0 saturated heterocycles. The maximum Gasteiger partial charge on any atom is 0.310 e. The molecule has 1 amide bonds. The second-order valence-corrected chi connectivity index (χ2v) is 4.56. The summed E-state index contributed by atoms with van der Waals surface area (Å²) < 4.78 is 13.2. The monoisotopic (exact) mass is 294 g/mol. The van der Waals surface area contributed by atoms with Crippen molar-refractivity contribution >= 4 is 17.6 Å². The number of carbonyl (C=O) groups is 2. The Labute approximate surface area is 118 Å². The van der Waals surface area contributed by atoms with Gasteiger partial charge in [0.15, 0.2) is 0 Å². The highest BCUT2D eigenvalue weighted by atomic mass is 19.1. The van der Waals surface area contributed by atoms with Crippen LogP contribution in [0.25, 0.3) is 0 Å². The maximum atomic E-state index is 13.2. The molecule has 0 fully saturated rings. The minimum Gasteiger partial charge on any atom is -0.481 e. The fraction of sp³-hybridized carbons (Fsp3) is 0.231. The van der Waals surface area contributed by atoms with Crippen molar-refractivity contribution in [3.05, 3.63) is 51.8 Å². The summed E-state index contributed by atoms with van der Waals surface area (Å²) in [5.74, 6) is -3.31. The number of hydrogen-bond donors (Lipinski definition) is 2. The van der Waals surface area contributed by atoms with Crippen molar-refractivity contribution in [3.8, 4) is 0 Å². The average molecular weight is 294 g/mol. The minimum atomic E-state index is -1.01. The van der Waals surface area contributed by atoms with Crippen molar-refractivity contribution in [2.45, 2.75) is 12.5 Å². The van der Waals surface area contributed by atoms with Crippen LogP contribution in [-0.4, -0.2) is 27.9 Å². The van der Waals surface area contributed by atoms with Crippen LogP contribution in [0.2, 0.25) is 0 Å². The average Bonchev–Trinajstić information content (AvgIpc) is 2.86. The zero-order valence-electron chi connectivity index (χ0n) is 10.7. The Morgan fingerprint density at radius 2 is 2.10 bits per heavy atom. The van der Waals surface area contributed by atoms with E-state index < -0.39 is 45.8 Å². The predicted octanol–water partition coefficient (Wildman–Crippen LogP) is 1.49. The summed E-state index contributed by atoms with van der Waals surface area (Å²) in [5, 5.41) is 22.1. The van der Waals surface area contributed by atoms with Crippen molar-refractivity contribution in [2.24, 2.45) is 5.92 Å². The van der Waals surface area contributed by atoms with E-state index in [-0.39, 0.29) is 6.42 Å². The van der Waals surface area contributed by atoms with Crippen molar-refractivity contribution in [2.75, 3.05) is 0 Å². The van der Waals surface area contributed by atoms with Crippen molar-refractivity contribution in [1.82, 2.24) is 5.32 Å². The second kappa shape index (κ2) is 5.70. The molecule has 1 aromatic rings. The quantitative estimate of drug-likeness (QED) is 0.496. The number of aliphatic carboxylic acids is 1. The molecule has 7 nitrogen and oxygen atoms in total. The van der Waals surface area contributed by atoms with Crippen LogP contribution < -0.4 is 5.32 Å². The van der Waals surface area contributed by atoms with Gasteiger partial charge in [-0.2, -0.15) is 0 Å². The largest absolute Gasteiger partial charge is 0.481 e. The first-order valence-electron chi connectivity index (χ1n) is 6.04. The molecule has 0 saturated carbocycles. The van der Waals surface area contributed by atoms with E-state index in [1.807, 2.05) is 0 Å². The second-order valence-electron chi connectivity index (χ2n) is 4.56. The lowest BCUT2D eigenvalue weighted by Crippen LogP contribution is -2.33. The van der Waals surface area contributed by atoms with Crippen molar-refractivity contribution in [1.29, 1.82) is 0 Å². The molecule has 8 heteroatoms. The molecule has 2 unspecified atom stereocenters. The standard InChI is InChI=1S/C13H11FN2O5/c14-8-2-4-11(16(20)21)10(6-8)12(17)15-9-3-1-7(5-9)13(18)19/h1-4,6-7,9H,5H2,(H,15,17)(H,18,19). The third-order valence-electron chi connectivity index (χ3n) is 3.12. The zero-order valence-corrected chi connectivity index (χ0v) is 10.7. The fourth-order valence-corrected chi connectivity index (χ4v) is 2.08. The molecule has 0 spiro atoms. The van der Waals surface area contributed by atoms with Gasteiger partial charge < -0.3 is 10.4 Å². The summed E-state index contributed by atoms with van der Waals surface area (Å²) in [7, 11) is 0. The molecule has 110 valence electrons. The number of carboxylic acid groups (broad SMARTS) is 1. The Hall–Kier alpha value is -2.77. The van der Waals surface area contributed by atoms with Gasteiger partial charge in [0.25, 0.3) is 11.6 Å². The van der Waals surface area contributed by atoms with Crippen LogP contribution in [0.3, 0.4) is 0 Å². The summed E-state index contributed by atoms with van der Waals surface area (Å²) in [6.07, 6.45) is 3.10. The Morgan fingerprint density at radius 1 is 1.38 bits per heavy atom. The molecule has 2 atom stereocenters. The number of halogens is 1. The molecule has 0 heterocycles. The van der Waals surface area contributed by atoms with Crippen LogP contribution in [-0.2, 0) is 4.79 Å². The predicted molar refractivity (Wildman–Crippen MR) is 69.2 cm³/mol. The number of nitro benzene ring substituents is 1. The zero-order chi connectivity index (χ0) is 15.6. The summed E-state index contributed by atoms with van der Waals surface area (Å²) in [6.45, 7) is 0. The third-order valence-corrected chi connectivity index (χ3v) is 3.12. The number of nitrogens with zero attached hydrogens (tertiary/aromatic N) is 1. The Kier molecular flexibility index (Phi) is 3.97. The molecule has 21 heavy (non-hydrogen) atoms. The van der Waals surface area contributed by atoms with E-state index in [0.717, 1.165) is 18.2 Å². The number of nitrogens with one attached hydrogen (secondary N) is 1. The van der Waals surface area contributed by atoms with Crippen LogP contribution in [0, 0.1) is 21.8 Å². The topological polar surface area (TPSA) is 110 Å². The van der Waals surface area contributed by atoms with Gasteiger partial charge in [0.2, 0.25) is 0 Å². The highest BCUT2D eigenvalue weighted by molar-refractivity contribution is 5.98. The smallest absolute Gasteiger partial charge is 0.310 e. The number of nitro groups is 1. The van der Waals surface area contributed by atoms with Crippen LogP contribution in [0.1, 0.15) is 16.8 Å². The Bertz CT molecular complexity index is 643. The number of amides is 1. The van der Waals surface area contributed by atoms with E-state index in [9.17, 15) is 24.1 Å². The van der Waals surface area contributed by atoms with E-state index >= 15 is 0 Å². The Balaban J connectivity index is 2.15. The van der Waals surface area contributed by atoms with E-state index in [0.29, 0.717) is 0 Å². The number of rotatable bonds is 4. The van der Waals surface area contributed by atoms with Gasteiger partial charge in [-0.25, -0.2) is 4.39 Å². The number of carbonyl (C=O) groups excluding carboxylic acids is 1. The van der Waals surface area contributed by atoms with Crippen molar-refractivity contribution in [3.63, 3.8) is 0 Å². The van der Waals surface area contributed by atoms with E-state index in [1.165, 1.54) is 12.2 Å². The van der Waals surface area contributed by atoms with Gasteiger partial charge in [-0.1, -0.05) is 12.2 Å². The van der Waals surface area contributed by atoms with Crippen LogP contribution >= 0.6 is 0 Å². The molecule has 2 N–H and O–H groups in total. The van der Waals surface area contributed by atoms with Gasteiger partial charge in [0.1, 0.15) is 11.4 Å². The molecule has 0 radical (unpaired) electrons. The van der Waals surface area contributed by atoms with E-state index in [2.05, 4.69) is 5.32 Å². The van der Waals surface area contributed by atoms with Gasteiger partial charge >= 0.3 is 5.97 Å². The summed E-state index contributed by atoms with van der Waals surface area (Å²) in [6, 6.07) is 2.03. The molecule has 1 aromatic carbocycles. The normalized spacial score (nSPS) is 20.2. The van der Waals surface area contributed by atoms with E-state index in [4.69, 9.17) is 5.11 Å². The minimum absolute atomic E-state index is 0.157. The molecule has 1 aliphatic carbocycles. The highest BCUT2D eigenvalue weighted by Gasteiger charge is 2.28. The summed E-state index contributed by atoms with van der Waals surface area (Å²) >= 11 is 0. The van der Waals surface area contributed by atoms with Gasteiger partial charge in [-0.3, -0.25) is 19.7 Å². The molecule has 0 bridgehead atoms. The SMILES string of the molecule is O=C(NC1C=CC(C(=O)O)C1)c1cc(F)ccc1[N+](=O)[O-]. The number of carboxylic acids is 1. The first kappa shape index (κ1) is 14.6. The lowest BCUT2D eigenvalue weighted by Gasteiger charge is -2.12.